The van der Waals surface area contributed by atoms with Gasteiger partial charge in [-0.3, -0.25) is 4.90 Å². The average Bonchev–Trinajstić information content (AvgIpc) is 3.28. The summed E-state index contributed by atoms with van der Waals surface area (Å²) in [5.41, 5.74) is 0.970. The van der Waals surface area contributed by atoms with E-state index < -0.39 is 0 Å². The lowest BCUT2D eigenvalue weighted by Crippen LogP contribution is -2.40. The maximum atomic E-state index is 12.8. The third-order valence-electron chi connectivity index (χ3n) is 4.04. The number of hydrogen-bond donors (Lipinski definition) is 1. The number of hydrogen-bond acceptors (Lipinski definition) is 3. The molecule has 0 radical (unpaired) electrons. The lowest BCUT2D eigenvalue weighted by Gasteiger charge is -2.29. The van der Waals surface area contributed by atoms with Crippen LogP contribution in [0.3, 0.4) is 0 Å². The van der Waals surface area contributed by atoms with Gasteiger partial charge in [-0.25, -0.2) is 4.39 Å². The number of benzene rings is 1. The first-order valence-electron chi connectivity index (χ1n) is 7.43. The molecular formula is C16H25FN2O. The number of rotatable bonds is 9. The summed E-state index contributed by atoms with van der Waals surface area (Å²) in [6, 6.07) is 7.15. The minimum absolute atomic E-state index is 0.195. The number of ether oxygens (including phenoxy) is 1. The van der Waals surface area contributed by atoms with Gasteiger partial charge in [0.1, 0.15) is 5.82 Å². The maximum absolute atomic E-state index is 12.8. The van der Waals surface area contributed by atoms with E-state index >= 15 is 0 Å². The molecule has 1 N–H and O–H groups in total. The molecule has 0 heterocycles. The van der Waals surface area contributed by atoms with Crippen molar-refractivity contribution >= 4 is 5.69 Å². The highest BCUT2D eigenvalue weighted by molar-refractivity contribution is 5.42. The van der Waals surface area contributed by atoms with Crippen molar-refractivity contribution in [3.63, 3.8) is 0 Å². The Hall–Kier alpha value is -1.13. The molecule has 2 rings (SSSR count). The molecule has 1 fully saturated rings. The van der Waals surface area contributed by atoms with E-state index in [4.69, 9.17) is 4.74 Å². The van der Waals surface area contributed by atoms with Crippen LogP contribution in [-0.4, -0.2) is 44.3 Å². The molecule has 0 aromatic heterocycles. The molecule has 4 heteroatoms. The van der Waals surface area contributed by atoms with Crippen molar-refractivity contribution in [2.24, 2.45) is 5.92 Å². The maximum Gasteiger partial charge on any atom is 0.123 e. The zero-order valence-corrected chi connectivity index (χ0v) is 12.4. The SMILES string of the molecule is COCCN(CCNc1ccc(F)cc1)C(C)C1CC1. The Morgan fingerprint density at radius 1 is 1.30 bits per heavy atom. The number of nitrogens with one attached hydrogen (secondary N) is 1. The average molecular weight is 280 g/mol. The van der Waals surface area contributed by atoms with Gasteiger partial charge in [0.25, 0.3) is 0 Å². The second kappa shape index (κ2) is 7.60. The highest BCUT2D eigenvalue weighted by Gasteiger charge is 2.31. The molecule has 112 valence electrons. The summed E-state index contributed by atoms with van der Waals surface area (Å²) in [5.74, 6) is 0.664. The van der Waals surface area contributed by atoms with Gasteiger partial charge in [0.15, 0.2) is 0 Å². The fraction of sp³-hybridized carbons (Fsp3) is 0.625. The topological polar surface area (TPSA) is 24.5 Å². The van der Waals surface area contributed by atoms with Crippen LogP contribution in [0.15, 0.2) is 24.3 Å². The summed E-state index contributed by atoms with van der Waals surface area (Å²) >= 11 is 0. The van der Waals surface area contributed by atoms with Crippen molar-refractivity contribution in [2.75, 3.05) is 38.7 Å². The summed E-state index contributed by atoms with van der Waals surface area (Å²) in [6.07, 6.45) is 2.71. The molecule has 1 unspecified atom stereocenters. The number of methoxy groups -OCH3 is 1. The standard InChI is InChI=1S/C16H25FN2O/c1-13(14-3-4-14)19(11-12-20-2)10-9-18-16-7-5-15(17)6-8-16/h5-8,13-14,18H,3-4,9-12H2,1-2H3. The smallest absolute Gasteiger partial charge is 0.123 e. The fourth-order valence-corrected chi connectivity index (χ4v) is 2.52. The first-order valence-corrected chi connectivity index (χ1v) is 7.43. The van der Waals surface area contributed by atoms with Crippen LogP contribution >= 0.6 is 0 Å². The van der Waals surface area contributed by atoms with Gasteiger partial charge < -0.3 is 10.1 Å². The molecule has 1 aliphatic rings. The number of anilines is 1. The molecule has 20 heavy (non-hydrogen) atoms. The first kappa shape index (κ1) is 15.3. The Bertz CT molecular complexity index is 392. The van der Waals surface area contributed by atoms with E-state index in [0.717, 1.165) is 37.8 Å². The van der Waals surface area contributed by atoms with E-state index in [0.29, 0.717) is 6.04 Å². The van der Waals surface area contributed by atoms with Crippen LogP contribution in [0.5, 0.6) is 0 Å². The largest absolute Gasteiger partial charge is 0.384 e. The van der Waals surface area contributed by atoms with E-state index in [9.17, 15) is 4.39 Å². The van der Waals surface area contributed by atoms with Gasteiger partial charge in [-0.05, 0) is 49.9 Å². The Morgan fingerprint density at radius 3 is 2.60 bits per heavy atom. The molecule has 0 spiro atoms. The summed E-state index contributed by atoms with van der Waals surface area (Å²) < 4.78 is 18.0. The second-order valence-corrected chi connectivity index (χ2v) is 5.54. The van der Waals surface area contributed by atoms with Crippen molar-refractivity contribution in [1.29, 1.82) is 0 Å². The van der Waals surface area contributed by atoms with Crippen LogP contribution in [-0.2, 0) is 4.74 Å². The molecule has 1 aromatic carbocycles. The van der Waals surface area contributed by atoms with E-state index in [1.165, 1.54) is 25.0 Å². The Labute approximate surface area is 121 Å². The molecule has 0 saturated heterocycles. The number of nitrogens with zero attached hydrogens (tertiary/aromatic N) is 1. The van der Waals surface area contributed by atoms with E-state index in [-0.39, 0.29) is 5.82 Å². The molecule has 1 aliphatic carbocycles. The summed E-state index contributed by atoms with van der Waals surface area (Å²) in [5, 5.41) is 3.34. The molecule has 1 saturated carbocycles. The Balaban J connectivity index is 1.76. The van der Waals surface area contributed by atoms with E-state index in [1.54, 1.807) is 19.2 Å². The molecule has 0 bridgehead atoms. The molecule has 3 nitrogen and oxygen atoms in total. The zero-order chi connectivity index (χ0) is 14.4. The normalized spacial score (nSPS) is 16.4. The summed E-state index contributed by atoms with van der Waals surface area (Å²) in [4.78, 5) is 2.48. The second-order valence-electron chi connectivity index (χ2n) is 5.54. The van der Waals surface area contributed by atoms with Gasteiger partial charge in [0.2, 0.25) is 0 Å². The predicted molar refractivity (Wildman–Crippen MR) is 80.5 cm³/mol. The van der Waals surface area contributed by atoms with Gasteiger partial charge in [-0.1, -0.05) is 0 Å². The Morgan fingerprint density at radius 2 is 2.00 bits per heavy atom. The third-order valence-corrected chi connectivity index (χ3v) is 4.04. The fourth-order valence-electron chi connectivity index (χ4n) is 2.52. The monoisotopic (exact) mass is 280 g/mol. The molecule has 0 aliphatic heterocycles. The Kier molecular flexibility index (Phi) is 5.80. The molecule has 1 atom stereocenters. The molecule has 0 amide bonds. The quantitative estimate of drug-likeness (QED) is 0.752. The molecular weight excluding hydrogens is 255 g/mol. The van der Waals surface area contributed by atoms with Crippen LogP contribution in [0.4, 0.5) is 10.1 Å². The van der Waals surface area contributed by atoms with Crippen molar-refractivity contribution in [3.8, 4) is 0 Å². The lowest BCUT2D eigenvalue weighted by atomic mass is 10.2. The van der Waals surface area contributed by atoms with Gasteiger partial charge in [-0.2, -0.15) is 0 Å². The van der Waals surface area contributed by atoms with Gasteiger partial charge in [0, 0.05) is 38.5 Å². The van der Waals surface area contributed by atoms with Crippen molar-refractivity contribution in [1.82, 2.24) is 4.90 Å². The summed E-state index contributed by atoms with van der Waals surface area (Å²) in [6.45, 7) is 5.91. The highest BCUT2D eigenvalue weighted by atomic mass is 19.1. The zero-order valence-electron chi connectivity index (χ0n) is 12.4. The van der Waals surface area contributed by atoms with Crippen molar-refractivity contribution in [3.05, 3.63) is 30.1 Å². The third kappa shape index (κ3) is 4.76. The predicted octanol–water partition coefficient (Wildman–Crippen LogP) is 2.98. The summed E-state index contributed by atoms with van der Waals surface area (Å²) in [7, 11) is 1.75. The van der Waals surface area contributed by atoms with Crippen LogP contribution < -0.4 is 5.32 Å². The van der Waals surface area contributed by atoms with Crippen molar-refractivity contribution < 1.29 is 9.13 Å². The number of halogens is 1. The van der Waals surface area contributed by atoms with Gasteiger partial charge in [-0.15, -0.1) is 0 Å². The lowest BCUT2D eigenvalue weighted by molar-refractivity contribution is 0.120. The van der Waals surface area contributed by atoms with Crippen LogP contribution in [0.1, 0.15) is 19.8 Å². The van der Waals surface area contributed by atoms with E-state index in [2.05, 4.69) is 17.1 Å². The van der Waals surface area contributed by atoms with Crippen LogP contribution in [0.2, 0.25) is 0 Å². The van der Waals surface area contributed by atoms with Crippen LogP contribution in [0, 0.1) is 11.7 Å². The highest BCUT2D eigenvalue weighted by Crippen LogP contribution is 2.34. The van der Waals surface area contributed by atoms with E-state index in [1.807, 2.05) is 0 Å². The van der Waals surface area contributed by atoms with Crippen LogP contribution in [0.25, 0.3) is 0 Å². The minimum atomic E-state index is -0.195. The minimum Gasteiger partial charge on any atom is -0.384 e. The van der Waals surface area contributed by atoms with Gasteiger partial charge in [0.05, 0.1) is 6.61 Å². The first-order chi connectivity index (χ1) is 9.70. The van der Waals surface area contributed by atoms with Crippen molar-refractivity contribution in [2.45, 2.75) is 25.8 Å². The molecule has 1 aromatic rings. The van der Waals surface area contributed by atoms with Gasteiger partial charge >= 0.3 is 0 Å².